The van der Waals surface area contributed by atoms with Crippen molar-refractivity contribution in [2.24, 2.45) is 10.8 Å². The molecular weight excluding hydrogens is 446 g/mol. The standard InChI is InChI=1S/C25H35N7OS/c1-23(2,3)18-9-34-19(26-18)8-30-10-25(11-30)14-32(15-25)22(33)31-12-24(13-31)6-17(7-24)21-27-20(28-29-21)16-4-5-16/h9,16-17H,4-8,10-15H2,1-3H3,(H,27,28,29). The zero-order valence-corrected chi connectivity index (χ0v) is 21.3. The third kappa shape index (κ3) is 3.49. The molecular formula is C25H35N7OS. The highest BCUT2D eigenvalue weighted by molar-refractivity contribution is 7.09. The van der Waals surface area contributed by atoms with Gasteiger partial charge < -0.3 is 9.80 Å². The van der Waals surface area contributed by atoms with Crippen molar-refractivity contribution in [3.63, 3.8) is 0 Å². The van der Waals surface area contributed by atoms with E-state index in [0.29, 0.717) is 22.7 Å². The number of nitrogens with zero attached hydrogens (tertiary/aromatic N) is 6. The quantitative estimate of drug-likeness (QED) is 0.722. The van der Waals surface area contributed by atoms with E-state index in [1.807, 2.05) is 0 Å². The molecule has 2 spiro atoms. The Morgan fingerprint density at radius 3 is 2.32 bits per heavy atom. The average Bonchev–Trinajstić information content (AvgIpc) is 3.19. The lowest BCUT2D eigenvalue weighted by atomic mass is 9.57. The second-order valence-corrected chi connectivity index (χ2v) is 13.9. The van der Waals surface area contributed by atoms with E-state index in [1.54, 1.807) is 11.3 Å². The highest BCUT2D eigenvalue weighted by Crippen LogP contribution is 2.56. The summed E-state index contributed by atoms with van der Waals surface area (Å²) in [6.45, 7) is 13.4. The number of thiazole rings is 1. The zero-order chi connectivity index (χ0) is 23.3. The van der Waals surface area contributed by atoms with Crippen LogP contribution in [0, 0.1) is 10.8 Å². The molecule has 5 fully saturated rings. The third-order valence-corrected chi connectivity index (χ3v) is 9.48. The second kappa shape index (κ2) is 7.03. The van der Waals surface area contributed by atoms with Gasteiger partial charge in [0.1, 0.15) is 10.8 Å². The van der Waals surface area contributed by atoms with Crippen molar-refractivity contribution in [1.29, 1.82) is 0 Å². The minimum Gasteiger partial charge on any atom is -0.323 e. The summed E-state index contributed by atoms with van der Waals surface area (Å²) in [5.41, 5.74) is 1.97. The van der Waals surface area contributed by atoms with Crippen molar-refractivity contribution in [2.45, 2.75) is 70.3 Å². The van der Waals surface area contributed by atoms with E-state index in [0.717, 1.165) is 70.3 Å². The van der Waals surface area contributed by atoms with Crippen molar-refractivity contribution >= 4 is 17.4 Å². The van der Waals surface area contributed by atoms with Gasteiger partial charge in [0, 0.05) is 72.7 Å². The van der Waals surface area contributed by atoms with E-state index in [4.69, 9.17) is 9.97 Å². The van der Waals surface area contributed by atoms with Crippen LogP contribution in [0.2, 0.25) is 0 Å². The van der Waals surface area contributed by atoms with Crippen LogP contribution in [0.1, 0.15) is 80.6 Å². The number of carbonyl (C=O) groups excluding carboxylic acids is 1. The first kappa shape index (κ1) is 21.3. The molecule has 9 heteroatoms. The molecule has 8 nitrogen and oxygen atoms in total. The van der Waals surface area contributed by atoms with Gasteiger partial charge in [0.2, 0.25) is 0 Å². The van der Waals surface area contributed by atoms with E-state index >= 15 is 0 Å². The number of amides is 2. The molecule has 2 aromatic heterocycles. The first-order chi connectivity index (χ1) is 16.2. The van der Waals surface area contributed by atoms with Crippen LogP contribution in [0.5, 0.6) is 0 Å². The zero-order valence-electron chi connectivity index (χ0n) is 20.5. The Kier molecular flexibility index (Phi) is 4.40. The van der Waals surface area contributed by atoms with Crippen molar-refractivity contribution in [2.75, 3.05) is 39.3 Å². The van der Waals surface area contributed by atoms with Crippen LogP contribution in [0.15, 0.2) is 5.38 Å². The largest absolute Gasteiger partial charge is 0.323 e. The lowest BCUT2D eigenvalue weighted by molar-refractivity contribution is -0.116. The molecule has 182 valence electrons. The smallest absolute Gasteiger partial charge is 0.320 e. The molecule has 0 bridgehead atoms. The molecule has 0 unspecified atom stereocenters. The Hall–Kier alpha value is -2.00. The number of aromatic amines is 1. The number of hydrogen-bond acceptors (Lipinski definition) is 6. The van der Waals surface area contributed by atoms with Gasteiger partial charge in [-0.2, -0.15) is 5.10 Å². The number of likely N-dealkylation sites (tertiary alicyclic amines) is 3. The van der Waals surface area contributed by atoms with Crippen LogP contribution in [0.25, 0.3) is 0 Å². The summed E-state index contributed by atoms with van der Waals surface area (Å²) in [5, 5.41) is 11.0. The van der Waals surface area contributed by atoms with Crippen LogP contribution in [-0.2, 0) is 12.0 Å². The summed E-state index contributed by atoms with van der Waals surface area (Å²) in [4.78, 5) is 29.2. The van der Waals surface area contributed by atoms with Crippen molar-refractivity contribution in [1.82, 2.24) is 34.9 Å². The van der Waals surface area contributed by atoms with Crippen LogP contribution >= 0.6 is 11.3 Å². The lowest BCUT2D eigenvalue weighted by Gasteiger charge is -2.63. The number of H-pyrrole nitrogens is 1. The molecule has 0 atom stereocenters. The van der Waals surface area contributed by atoms with E-state index in [9.17, 15) is 4.79 Å². The topological polar surface area (TPSA) is 81.2 Å². The molecule has 0 aromatic carbocycles. The summed E-state index contributed by atoms with van der Waals surface area (Å²) >= 11 is 1.78. The Morgan fingerprint density at radius 2 is 1.71 bits per heavy atom. The Balaban J connectivity index is 0.844. The average molecular weight is 482 g/mol. The molecule has 5 aliphatic rings. The second-order valence-electron chi connectivity index (χ2n) is 13.0. The van der Waals surface area contributed by atoms with Gasteiger partial charge in [-0.1, -0.05) is 20.8 Å². The van der Waals surface area contributed by atoms with Crippen LogP contribution < -0.4 is 0 Å². The minimum absolute atomic E-state index is 0.116. The molecule has 34 heavy (non-hydrogen) atoms. The molecule has 2 aliphatic carbocycles. The molecule has 2 amide bonds. The fourth-order valence-electron chi connectivity index (χ4n) is 6.57. The van der Waals surface area contributed by atoms with Gasteiger partial charge >= 0.3 is 6.03 Å². The molecule has 2 saturated carbocycles. The van der Waals surface area contributed by atoms with Gasteiger partial charge in [-0.05, 0) is 25.7 Å². The number of carbonyl (C=O) groups is 1. The van der Waals surface area contributed by atoms with E-state index in [1.165, 1.54) is 23.5 Å². The Bertz CT molecular complexity index is 1100. The summed E-state index contributed by atoms with van der Waals surface area (Å²) in [5.74, 6) is 3.20. The van der Waals surface area contributed by atoms with Crippen molar-refractivity contribution < 1.29 is 4.79 Å². The summed E-state index contributed by atoms with van der Waals surface area (Å²) < 4.78 is 0. The number of urea groups is 1. The maximum absolute atomic E-state index is 13.0. The first-order valence-electron chi connectivity index (χ1n) is 12.8. The van der Waals surface area contributed by atoms with Gasteiger partial charge in [-0.15, -0.1) is 11.3 Å². The monoisotopic (exact) mass is 481 g/mol. The first-order valence-corrected chi connectivity index (χ1v) is 13.7. The molecule has 0 radical (unpaired) electrons. The fourth-order valence-corrected chi connectivity index (χ4v) is 7.63. The maximum Gasteiger partial charge on any atom is 0.320 e. The Morgan fingerprint density at radius 1 is 1.03 bits per heavy atom. The summed E-state index contributed by atoms with van der Waals surface area (Å²) in [6, 6.07) is 0.252. The third-order valence-electron chi connectivity index (χ3n) is 8.65. The van der Waals surface area contributed by atoms with Crippen molar-refractivity contribution in [3.05, 3.63) is 27.7 Å². The van der Waals surface area contributed by atoms with Gasteiger partial charge in [0.25, 0.3) is 0 Å². The van der Waals surface area contributed by atoms with Gasteiger partial charge in [0.15, 0.2) is 5.82 Å². The Labute approximate surface area is 205 Å². The van der Waals surface area contributed by atoms with E-state index < -0.39 is 0 Å². The molecule has 7 rings (SSSR count). The minimum atomic E-state index is 0.116. The summed E-state index contributed by atoms with van der Waals surface area (Å²) in [7, 11) is 0. The van der Waals surface area contributed by atoms with Gasteiger partial charge in [-0.3, -0.25) is 10.00 Å². The SMILES string of the molecule is CC(C)(C)c1csc(CN2CC3(C2)CN(C(=O)N2CC4(CC(c5n[nH]c(C6CC6)n5)C4)C2)C3)n1. The predicted octanol–water partition coefficient (Wildman–Crippen LogP) is 3.55. The van der Waals surface area contributed by atoms with Crippen LogP contribution in [0.4, 0.5) is 4.79 Å². The number of aromatic nitrogens is 4. The van der Waals surface area contributed by atoms with Crippen molar-refractivity contribution in [3.8, 4) is 0 Å². The van der Waals surface area contributed by atoms with Crippen LogP contribution in [-0.4, -0.2) is 80.2 Å². The molecule has 3 saturated heterocycles. The lowest BCUT2D eigenvalue weighted by Crippen LogP contribution is -2.75. The highest BCUT2D eigenvalue weighted by Gasteiger charge is 2.58. The van der Waals surface area contributed by atoms with Crippen LogP contribution in [0.3, 0.4) is 0 Å². The predicted molar refractivity (Wildman–Crippen MR) is 130 cm³/mol. The highest BCUT2D eigenvalue weighted by atomic mass is 32.1. The number of hydrogen-bond donors (Lipinski definition) is 1. The number of rotatable bonds is 4. The molecule has 3 aliphatic heterocycles. The molecule has 5 heterocycles. The van der Waals surface area contributed by atoms with E-state index in [-0.39, 0.29) is 11.4 Å². The molecule has 2 aromatic rings. The normalized spacial score (nSPS) is 25.7. The fraction of sp³-hybridized carbons (Fsp3) is 0.760. The maximum atomic E-state index is 13.0. The molecule has 1 N–H and O–H groups in total. The van der Waals surface area contributed by atoms with Gasteiger partial charge in [-0.25, -0.2) is 14.8 Å². The number of nitrogens with one attached hydrogen (secondary N) is 1. The van der Waals surface area contributed by atoms with Gasteiger partial charge in [0.05, 0.1) is 12.2 Å². The van der Waals surface area contributed by atoms with E-state index in [2.05, 4.69) is 51.0 Å². The summed E-state index contributed by atoms with van der Waals surface area (Å²) in [6.07, 6.45) is 4.76.